The summed E-state index contributed by atoms with van der Waals surface area (Å²) in [5.41, 5.74) is 0. The van der Waals surface area contributed by atoms with Crippen LogP contribution in [0.1, 0.15) is 41.0 Å². The Balaban J connectivity index is 2.99. The maximum absolute atomic E-state index is 12.8. The number of nitrogens with one attached hydrogen (secondary N) is 1. The van der Waals surface area contributed by atoms with Gasteiger partial charge in [0.15, 0.2) is 0 Å². The van der Waals surface area contributed by atoms with E-state index in [0.717, 1.165) is 13.0 Å². The second kappa shape index (κ2) is 7.25. The molecule has 122 valence electrons. The number of hydrogen-bond acceptors (Lipinski definition) is 3. The average Bonchev–Trinajstić information content (AvgIpc) is 2.36. The first-order chi connectivity index (χ1) is 9.66. The maximum atomic E-state index is 12.8. The standard InChI is InChI=1S/C16H31N3O2/c1-10(2)13-16(21)19(12(5)8-9-18(6)7)14(11(3)4)15(20)17-13/h10-14H,8-9H2,1-7H3,(H,17,20). The molecule has 0 aromatic rings. The minimum absolute atomic E-state index is 0.0139. The van der Waals surface area contributed by atoms with Crippen LogP contribution in [-0.2, 0) is 9.59 Å². The highest BCUT2D eigenvalue weighted by atomic mass is 16.2. The molecule has 1 aliphatic rings. The fourth-order valence-electron chi connectivity index (χ4n) is 2.88. The molecule has 0 aliphatic carbocycles. The van der Waals surface area contributed by atoms with Crippen LogP contribution in [0.5, 0.6) is 0 Å². The Labute approximate surface area is 129 Å². The van der Waals surface area contributed by atoms with Crippen LogP contribution in [0.25, 0.3) is 0 Å². The van der Waals surface area contributed by atoms with Crippen LogP contribution in [0, 0.1) is 11.8 Å². The van der Waals surface area contributed by atoms with Gasteiger partial charge in [-0.3, -0.25) is 9.59 Å². The largest absolute Gasteiger partial charge is 0.342 e. The van der Waals surface area contributed by atoms with Crippen molar-refractivity contribution in [3.63, 3.8) is 0 Å². The molecular weight excluding hydrogens is 266 g/mol. The van der Waals surface area contributed by atoms with Gasteiger partial charge in [-0.05, 0) is 45.8 Å². The molecule has 0 saturated carbocycles. The highest BCUT2D eigenvalue weighted by Gasteiger charge is 2.44. The van der Waals surface area contributed by atoms with Gasteiger partial charge in [-0.25, -0.2) is 0 Å². The predicted octanol–water partition coefficient (Wildman–Crippen LogP) is 1.33. The Morgan fingerprint density at radius 3 is 2.10 bits per heavy atom. The molecule has 2 amide bonds. The monoisotopic (exact) mass is 297 g/mol. The zero-order valence-electron chi connectivity index (χ0n) is 14.5. The van der Waals surface area contributed by atoms with E-state index in [9.17, 15) is 9.59 Å². The molecule has 0 spiro atoms. The predicted molar refractivity (Wildman–Crippen MR) is 84.9 cm³/mol. The lowest BCUT2D eigenvalue weighted by Gasteiger charge is -2.45. The van der Waals surface area contributed by atoms with Crippen molar-refractivity contribution >= 4 is 11.8 Å². The Morgan fingerprint density at radius 2 is 1.67 bits per heavy atom. The zero-order chi connectivity index (χ0) is 16.3. The van der Waals surface area contributed by atoms with Gasteiger partial charge in [0.1, 0.15) is 12.1 Å². The van der Waals surface area contributed by atoms with Crippen LogP contribution in [-0.4, -0.2) is 60.4 Å². The summed E-state index contributed by atoms with van der Waals surface area (Å²) in [4.78, 5) is 29.2. The Hall–Kier alpha value is -1.10. The van der Waals surface area contributed by atoms with Crippen molar-refractivity contribution in [2.24, 2.45) is 11.8 Å². The number of hydrogen-bond donors (Lipinski definition) is 1. The van der Waals surface area contributed by atoms with Gasteiger partial charge in [-0.15, -0.1) is 0 Å². The van der Waals surface area contributed by atoms with Gasteiger partial charge in [0, 0.05) is 6.04 Å². The molecule has 0 bridgehead atoms. The van der Waals surface area contributed by atoms with Crippen molar-refractivity contribution in [1.29, 1.82) is 0 Å². The van der Waals surface area contributed by atoms with E-state index in [1.54, 1.807) is 0 Å². The molecule has 3 unspecified atom stereocenters. The topological polar surface area (TPSA) is 52.7 Å². The number of nitrogens with zero attached hydrogens (tertiary/aromatic N) is 2. The van der Waals surface area contributed by atoms with Crippen LogP contribution in [0.3, 0.4) is 0 Å². The van der Waals surface area contributed by atoms with E-state index in [1.807, 2.05) is 53.6 Å². The molecule has 0 aromatic carbocycles. The quantitative estimate of drug-likeness (QED) is 0.805. The van der Waals surface area contributed by atoms with Crippen molar-refractivity contribution in [3.8, 4) is 0 Å². The summed E-state index contributed by atoms with van der Waals surface area (Å²) >= 11 is 0. The molecule has 5 nitrogen and oxygen atoms in total. The van der Waals surface area contributed by atoms with Gasteiger partial charge >= 0.3 is 0 Å². The minimum Gasteiger partial charge on any atom is -0.342 e. The molecule has 5 heteroatoms. The molecule has 1 saturated heterocycles. The van der Waals surface area contributed by atoms with E-state index in [2.05, 4.69) is 10.2 Å². The van der Waals surface area contributed by atoms with E-state index in [0.29, 0.717) is 0 Å². The zero-order valence-corrected chi connectivity index (χ0v) is 14.5. The summed E-state index contributed by atoms with van der Waals surface area (Å²) in [7, 11) is 4.04. The summed E-state index contributed by atoms with van der Waals surface area (Å²) in [6, 6.07) is -0.682. The first kappa shape index (κ1) is 18.0. The number of carbonyl (C=O) groups is 2. The molecule has 1 N–H and O–H groups in total. The van der Waals surface area contributed by atoms with E-state index >= 15 is 0 Å². The average molecular weight is 297 g/mol. The van der Waals surface area contributed by atoms with Crippen LogP contribution in [0.4, 0.5) is 0 Å². The molecule has 1 fully saturated rings. The van der Waals surface area contributed by atoms with Crippen LogP contribution < -0.4 is 5.32 Å². The Kier molecular flexibility index (Phi) is 6.20. The summed E-state index contributed by atoms with van der Waals surface area (Å²) in [5.74, 6) is 0.275. The van der Waals surface area contributed by atoms with Gasteiger partial charge in [0.2, 0.25) is 11.8 Å². The lowest BCUT2D eigenvalue weighted by atomic mass is 9.91. The lowest BCUT2D eigenvalue weighted by molar-refractivity contribution is -0.155. The van der Waals surface area contributed by atoms with Crippen molar-refractivity contribution in [2.75, 3.05) is 20.6 Å². The van der Waals surface area contributed by atoms with Gasteiger partial charge < -0.3 is 15.1 Å². The second-order valence-corrected chi connectivity index (χ2v) is 7.11. The van der Waals surface area contributed by atoms with Crippen LogP contribution >= 0.6 is 0 Å². The fourth-order valence-corrected chi connectivity index (χ4v) is 2.88. The molecular formula is C16H31N3O2. The number of rotatable bonds is 6. The van der Waals surface area contributed by atoms with E-state index in [-0.39, 0.29) is 35.7 Å². The fraction of sp³-hybridized carbons (Fsp3) is 0.875. The summed E-state index contributed by atoms with van der Waals surface area (Å²) in [6.45, 7) is 10.9. The lowest BCUT2D eigenvalue weighted by Crippen LogP contribution is -2.68. The van der Waals surface area contributed by atoms with Gasteiger partial charge in [-0.1, -0.05) is 27.7 Å². The van der Waals surface area contributed by atoms with Crippen LogP contribution in [0.2, 0.25) is 0 Å². The maximum Gasteiger partial charge on any atom is 0.246 e. The normalized spacial score (nSPS) is 25.0. The first-order valence-electron chi connectivity index (χ1n) is 7.94. The van der Waals surface area contributed by atoms with Gasteiger partial charge in [0.25, 0.3) is 0 Å². The molecule has 21 heavy (non-hydrogen) atoms. The molecule has 1 rings (SSSR count). The van der Waals surface area contributed by atoms with E-state index < -0.39 is 6.04 Å². The molecule has 1 aliphatic heterocycles. The van der Waals surface area contributed by atoms with Crippen molar-refractivity contribution in [1.82, 2.24) is 15.1 Å². The second-order valence-electron chi connectivity index (χ2n) is 7.11. The van der Waals surface area contributed by atoms with Crippen molar-refractivity contribution in [3.05, 3.63) is 0 Å². The van der Waals surface area contributed by atoms with E-state index in [4.69, 9.17) is 0 Å². The first-order valence-corrected chi connectivity index (χ1v) is 7.94. The molecule has 0 radical (unpaired) electrons. The van der Waals surface area contributed by atoms with Crippen molar-refractivity contribution in [2.45, 2.75) is 59.2 Å². The van der Waals surface area contributed by atoms with E-state index in [1.165, 1.54) is 0 Å². The number of amides is 2. The Morgan fingerprint density at radius 1 is 1.10 bits per heavy atom. The highest BCUT2D eigenvalue weighted by Crippen LogP contribution is 2.24. The van der Waals surface area contributed by atoms with Crippen LogP contribution in [0.15, 0.2) is 0 Å². The smallest absolute Gasteiger partial charge is 0.246 e. The molecule has 1 heterocycles. The van der Waals surface area contributed by atoms with Gasteiger partial charge in [0.05, 0.1) is 0 Å². The van der Waals surface area contributed by atoms with Crippen molar-refractivity contribution < 1.29 is 9.59 Å². The minimum atomic E-state index is -0.394. The molecule has 0 aromatic heterocycles. The Bertz CT molecular complexity index is 380. The number of piperazine rings is 1. The van der Waals surface area contributed by atoms with Gasteiger partial charge in [-0.2, -0.15) is 0 Å². The SMILES string of the molecule is CC(C)C1NC(=O)C(C(C)C)N(C(C)CCN(C)C)C1=O. The highest BCUT2D eigenvalue weighted by molar-refractivity contribution is 5.97. The number of carbonyl (C=O) groups excluding carboxylic acids is 2. The third kappa shape index (κ3) is 4.19. The molecule has 3 atom stereocenters. The third-order valence-electron chi connectivity index (χ3n) is 4.15. The third-order valence-corrected chi connectivity index (χ3v) is 4.15. The summed E-state index contributed by atoms with van der Waals surface area (Å²) < 4.78 is 0. The summed E-state index contributed by atoms with van der Waals surface area (Å²) in [5, 5.41) is 2.91. The summed E-state index contributed by atoms with van der Waals surface area (Å²) in [6.07, 6.45) is 0.875.